The summed E-state index contributed by atoms with van der Waals surface area (Å²) in [6, 6.07) is 3.86. The van der Waals surface area contributed by atoms with E-state index in [0.29, 0.717) is 11.3 Å². The first-order chi connectivity index (χ1) is 18.9. The van der Waals surface area contributed by atoms with Gasteiger partial charge in [-0.1, -0.05) is 6.07 Å². The Kier molecular flexibility index (Phi) is 6.65. The maximum Gasteiger partial charge on any atom is 0.417 e. The number of aromatic nitrogens is 2. The third kappa shape index (κ3) is 4.30. The number of thiophene rings is 1. The zero-order valence-corrected chi connectivity index (χ0v) is 22.2. The van der Waals surface area contributed by atoms with Crippen molar-refractivity contribution in [2.24, 2.45) is 0 Å². The van der Waals surface area contributed by atoms with Crippen LogP contribution in [0.3, 0.4) is 0 Å². The average molecular weight is 577 g/mol. The molecule has 2 aromatic carbocycles. The van der Waals surface area contributed by atoms with E-state index >= 15 is 4.39 Å². The number of halogens is 5. The van der Waals surface area contributed by atoms with Crippen LogP contribution in [-0.2, 0) is 11.0 Å². The molecule has 2 N–H and O–H groups in total. The number of methoxy groups -OCH3 is 1. The number of amides is 1. The molecule has 0 spiro atoms. The number of benzene rings is 2. The summed E-state index contributed by atoms with van der Waals surface area (Å²) in [6.07, 6.45) is -5.06. The van der Waals surface area contributed by atoms with Gasteiger partial charge in [0.2, 0.25) is 5.91 Å². The molecule has 3 heterocycles. The Morgan fingerprint density at radius 2 is 1.98 bits per heavy atom. The second-order valence-corrected chi connectivity index (χ2v) is 10.4. The second kappa shape index (κ2) is 9.74. The molecule has 5 rings (SSSR count). The Morgan fingerprint density at radius 1 is 1.25 bits per heavy atom. The van der Waals surface area contributed by atoms with Crippen LogP contribution in [0.2, 0.25) is 0 Å². The van der Waals surface area contributed by atoms with E-state index in [1.807, 2.05) is 0 Å². The van der Waals surface area contributed by atoms with Gasteiger partial charge in [-0.05, 0) is 24.6 Å². The number of ether oxygens (including phenoxy) is 1. The molecule has 0 saturated carbocycles. The number of piperazine rings is 1. The van der Waals surface area contributed by atoms with E-state index in [0.717, 1.165) is 18.2 Å². The molecule has 1 unspecified atom stereocenters. The van der Waals surface area contributed by atoms with Crippen LogP contribution in [0.5, 0.6) is 6.01 Å². The molecule has 1 amide bonds. The maximum absolute atomic E-state index is 16.4. The number of nitrogens with two attached hydrogens (primary N) is 1. The van der Waals surface area contributed by atoms with Crippen molar-refractivity contribution in [3.05, 3.63) is 41.0 Å². The SMILES string of the molecule is COc1nc(N2CCN(C(C)=O)C(C)C2)c2cc(C(F)(F)F)c(-c3ccc(F)c4sc(N)c(C#N)c34)c(F)c2n1. The first-order valence-corrected chi connectivity index (χ1v) is 12.8. The number of alkyl halides is 3. The van der Waals surface area contributed by atoms with Gasteiger partial charge in [0.1, 0.15) is 28.2 Å². The third-order valence-electron chi connectivity index (χ3n) is 6.91. The van der Waals surface area contributed by atoms with Gasteiger partial charge in [-0.15, -0.1) is 11.3 Å². The zero-order chi connectivity index (χ0) is 29.1. The Hall–Kier alpha value is -4.25. The number of carbonyl (C=O) groups is 1. The minimum absolute atomic E-state index is 0.00889. The van der Waals surface area contributed by atoms with Gasteiger partial charge in [0, 0.05) is 48.9 Å². The standard InChI is InChI=1S/C26H21F5N6O2S/c1-11-10-36(6-7-37(11)12(2)38)24-14-8-16(26(29,30)31)19(20(28)21(14)34-25(35-24)39-3)13-4-5-17(27)22-18(13)15(9-32)23(33)40-22/h4-5,8,11H,6-7,10,33H2,1-3H3. The lowest BCUT2D eigenvalue weighted by molar-refractivity contribution is -0.137. The van der Waals surface area contributed by atoms with Gasteiger partial charge in [-0.25, -0.2) is 8.78 Å². The van der Waals surface area contributed by atoms with Crippen LogP contribution < -0.4 is 15.4 Å². The van der Waals surface area contributed by atoms with E-state index in [1.165, 1.54) is 14.0 Å². The van der Waals surface area contributed by atoms with Crippen LogP contribution >= 0.6 is 11.3 Å². The first-order valence-electron chi connectivity index (χ1n) is 12.0. The Labute approximate surface area is 228 Å². The normalized spacial score (nSPS) is 16.0. The summed E-state index contributed by atoms with van der Waals surface area (Å²) in [5.74, 6) is -2.29. The molecular formula is C26H21F5N6O2S. The number of nitrogens with zero attached hydrogens (tertiary/aromatic N) is 5. The highest BCUT2D eigenvalue weighted by Gasteiger charge is 2.39. The fourth-order valence-electron chi connectivity index (χ4n) is 5.14. The van der Waals surface area contributed by atoms with E-state index in [4.69, 9.17) is 10.5 Å². The van der Waals surface area contributed by atoms with Gasteiger partial charge in [0.15, 0.2) is 5.82 Å². The molecule has 8 nitrogen and oxygen atoms in total. The molecule has 1 fully saturated rings. The monoisotopic (exact) mass is 576 g/mol. The molecule has 1 atom stereocenters. The first kappa shape index (κ1) is 27.3. The number of rotatable bonds is 3. The highest BCUT2D eigenvalue weighted by molar-refractivity contribution is 7.23. The van der Waals surface area contributed by atoms with Crippen molar-refractivity contribution in [2.75, 3.05) is 37.4 Å². The molecule has 1 aliphatic rings. The quantitative estimate of drug-likeness (QED) is 0.329. The lowest BCUT2D eigenvalue weighted by atomic mass is 9.92. The van der Waals surface area contributed by atoms with Crippen molar-refractivity contribution in [1.82, 2.24) is 14.9 Å². The fourth-order valence-corrected chi connectivity index (χ4v) is 6.09. The van der Waals surface area contributed by atoms with Gasteiger partial charge in [-0.3, -0.25) is 4.79 Å². The Bertz CT molecular complexity index is 1730. The molecule has 40 heavy (non-hydrogen) atoms. The van der Waals surface area contributed by atoms with Gasteiger partial charge in [0.25, 0.3) is 0 Å². The van der Waals surface area contributed by atoms with Crippen LogP contribution in [0.1, 0.15) is 25.0 Å². The molecule has 0 radical (unpaired) electrons. The van der Waals surface area contributed by atoms with Crippen LogP contribution in [0.15, 0.2) is 18.2 Å². The van der Waals surface area contributed by atoms with Gasteiger partial charge in [0.05, 0.1) is 22.9 Å². The lowest BCUT2D eigenvalue weighted by Crippen LogP contribution is -2.53. The number of fused-ring (bicyclic) bond motifs is 2. The number of hydrogen-bond acceptors (Lipinski definition) is 8. The molecule has 14 heteroatoms. The minimum atomic E-state index is -5.06. The maximum atomic E-state index is 16.4. The summed E-state index contributed by atoms with van der Waals surface area (Å²) in [5, 5.41) is 9.09. The van der Waals surface area contributed by atoms with E-state index in [2.05, 4.69) is 9.97 Å². The smallest absolute Gasteiger partial charge is 0.417 e. The Balaban J connectivity index is 1.84. The summed E-state index contributed by atoms with van der Waals surface area (Å²) in [7, 11) is 1.24. The topological polar surface area (TPSA) is 108 Å². The minimum Gasteiger partial charge on any atom is -0.467 e. The van der Waals surface area contributed by atoms with E-state index in [1.54, 1.807) is 22.8 Å². The molecule has 208 valence electrons. The average Bonchev–Trinajstić information content (AvgIpc) is 3.24. The van der Waals surface area contributed by atoms with Crippen molar-refractivity contribution in [3.8, 4) is 23.2 Å². The van der Waals surface area contributed by atoms with Gasteiger partial charge in [-0.2, -0.15) is 28.4 Å². The summed E-state index contributed by atoms with van der Waals surface area (Å²) in [5.41, 5.74) is 2.55. The van der Waals surface area contributed by atoms with E-state index in [-0.39, 0.29) is 75.0 Å². The Morgan fingerprint density at radius 3 is 2.58 bits per heavy atom. The number of nitriles is 1. The van der Waals surface area contributed by atoms with Crippen LogP contribution in [0.25, 0.3) is 32.1 Å². The summed E-state index contributed by atoms with van der Waals surface area (Å²) in [4.78, 5) is 23.5. The zero-order valence-electron chi connectivity index (χ0n) is 21.4. The predicted octanol–water partition coefficient (Wildman–Crippen LogP) is 5.33. The van der Waals surface area contributed by atoms with Crippen molar-refractivity contribution >= 4 is 49.1 Å². The predicted molar refractivity (Wildman–Crippen MR) is 140 cm³/mol. The van der Waals surface area contributed by atoms with Crippen LogP contribution in [-0.4, -0.2) is 53.6 Å². The summed E-state index contributed by atoms with van der Waals surface area (Å²) >= 11 is 0.688. The molecule has 1 aliphatic heterocycles. The van der Waals surface area contributed by atoms with E-state index < -0.39 is 34.5 Å². The van der Waals surface area contributed by atoms with Gasteiger partial charge >= 0.3 is 12.2 Å². The summed E-state index contributed by atoms with van der Waals surface area (Å²) in [6.45, 7) is 3.93. The van der Waals surface area contributed by atoms with E-state index in [9.17, 15) is 27.6 Å². The second-order valence-electron chi connectivity index (χ2n) is 9.30. The number of anilines is 2. The highest BCUT2D eigenvalue weighted by Crippen LogP contribution is 2.48. The van der Waals surface area contributed by atoms with Crippen molar-refractivity contribution < 1.29 is 31.5 Å². The van der Waals surface area contributed by atoms with Crippen LogP contribution in [0.4, 0.5) is 32.8 Å². The van der Waals surface area contributed by atoms with Gasteiger partial charge < -0.3 is 20.3 Å². The van der Waals surface area contributed by atoms with Crippen LogP contribution in [0, 0.1) is 23.0 Å². The fraction of sp³-hybridized carbons (Fsp3) is 0.308. The molecule has 0 bridgehead atoms. The van der Waals surface area contributed by atoms with Crippen molar-refractivity contribution in [3.63, 3.8) is 0 Å². The molecule has 1 saturated heterocycles. The number of carbonyl (C=O) groups excluding carboxylic acids is 1. The lowest BCUT2D eigenvalue weighted by Gasteiger charge is -2.40. The molecule has 4 aromatic rings. The summed E-state index contributed by atoms with van der Waals surface area (Å²) < 4.78 is 79.8. The van der Waals surface area contributed by atoms with Crippen molar-refractivity contribution in [1.29, 1.82) is 5.26 Å². The highest BCUT2D eigenvalue weighted by atomic mass is 32.1. The largest absolute Gasteiger partial charge is 0.467 e. The number of hydrogen-bond donors (Lipinski definition) is 1. The number of nitrogen functional groups attached to an aromatic ring is 1. The molecular weight excluding hydrogens is 555 g/mol. The third-order valence-corrected chi connectivity index (χ3v) is 7.94. The van der Waals surface area contributed by atoms with Crippen molar-refractivity contribution in [2.45, 2.75) is 26.1 Å². The molecule has 2 aromatic heterocycles. The molecule has 0 aliphatic carbocycles.